The van der Waals surface area contributed by atoms with Gasteiger partial charge in [-0.1, -0.05) is 0 Å². The van der Waals surface area contributed by atoms with Crippen LogP contribution in [0.3, 0.4) is 0 Å². The Hall–Kier alpha value is -1.34. The molecule has 0 unspecified atom stereocenters. The summed E-state index contributed by atoms with van der Waals surface area (Å²) in [6, 6.07) is 0. The number of piperidine rings is 1. The lowest BCUT2D eigenvalue weighted by Crippen LogP contribution is -2.49. The molecule has 0 atom stereocenters. The van der Waals surface area contributed by atoms with Gasteiger partial charge in [-0.2, -0.15) is 0 Å². The fourth-order valence-electron chi connectivity index (χ4n) is 2.32. The van der Waals surface area contributed by atoms with Gasteiger partial charge in [-0.3, -0.25) is 4.79 Å². The summed E-state index contributed by atoms with van der Waals surface area (Å²) in [5.41, 5.74) is 0. The summed E-state index contributed by atoms with van der Waals surface area (Å²) in [4.78, 5) is 24.7. The van der Waals surface area contributed by atoms with E-state index in [9.17, 15) is 9.59 Å². The van der Waals surface area contributed by atoms with Crippen molar-refractivity contribution in [3.05, 3.63) is 0 Å². The maximum Gasteiger partial charge on any atom is 0.407 e. The van der Waals surface area contributed by atoms with Gasteiger partial charge >= 0.3 is 6.09 Å². The lowest BCUT2D eigenvalue weighted by Gasteiger charge is -2.37. The highest BCUT2D eigenvalue weighted by Gasteiger charge is 2.40. The highest BCUT2D eigenvalue weighted by Crippen LogP contribution is 2.31. The van der Waals surface area contributed by atoms with Crippen LogP contribution in [0.2, 0.25) is 0 Å². The fraction of sp³-hybridized carbons (Fsp3) is 0.833. The largest absolute Gasteiger partial charge is 0.450 e. The van der Waals surface area contributed by atoms with E-state index in [2.05, 4.69) is 5.32 Å². The number of likely N-dealkylation sites (tertiary alicyclic amines) is 1. The molecule has 2 saturated heterocycles. The van der Waals surface area contributed by atoms with Gasteiger partial charge in [0.1, 0.15) is 6.54 Å². The number of hydrogen-bond acceptors (Lipinski definition) is 5. The second kappa shape index (κ2) is 6.21. The van der Waals surface area contributed by atoms with E-state index in [1.807, 2.05) is 0 Å². The standard InChI is InChI=1S/C12H20N2O5/c1-2-17-11(16)13-9-10(15)14-5-3-12(4-6-14)18-7-8-19-12/h2-9H2,1H3,(H,13,16). The number of nitrogens with one attached hydrogen (secondary N) is 1. The predicted octanol–water partition coefficient (Wildman–Crippen LogP) is 0.0980. The first-order chi connectivity index (χ1) is 9.15. The average Bonchev–Trinajstić information content (AvgIpc) is 2.86. The lowest BCUT2D eigenvalue weighted by molar-refractivity contribution is -0.187. The van der Waals surface area contributed by atoms with Crippen molar-refractivity contribution in [1.29, 1.82) is 0 Å². The second-order valence-corrected chi connectivity index (χ2v) is 4.56. The number of hydrogen-bond donors (Lipinski definition) is 1. The third-order valence-electron chi connectivity index (χ3n) is 3.35. The van der Waals surface area contributed by atoms with E-state index in [1.54, 1.807) is 11.8 Å². The number of carbonyl (C=O) groups excluding carboxylic acids is 2. The zero-order chi connectivity index (χ0) is 13.7. The minimum absolute atomic E-state index is 0.0342. The Morgan fingerprint density at radius 3 is 2.47 bits per heavy atom. The van der Waals surface area contributed by atoms with E-state index in [-0.39, 0.29) is 12.5 Å². The van der Waals surface area contributed by atoms with E-state index in [0.717, 1.165) is 0 Å². The molecule has 0 aliphatic carbocycles. The topological polar surface area (TPSA) is 77.1 Å². The van der Waals surface area contributed by atoms with E-state index < -0.39 is 11.9 Å². The Bertz CT molecular complexity index is 331. The van der Waals surface area contributed by atoms with Crippen LogP contribution in [0.1, 0.15) is 19.8 Å². The van der Waals surface area contributed by atoms with Gasteiger partial charge < -0.3 is 24.4 Å². The monoisotopic (exact) mass is 272 g/mol. The highest BCUT2D eigenvalue weighted by atomic mass is 16.7. The van der Waals surface area contributed by atoms with Gasteiger partial charge in [0.25, 0.3) is 0 Å². The van der Waals surface area contributed by atoms with Gasteiger partial charge in [-0.15, -0.1) is 0 Å². The first-order valence-electron chi connectivity index (χ1n) is 6.61. The van der Waals surface area contributed by atoms with Crippen LogP contribution < -0.4 is 5.32 Å². The van der Waals surface area contributed by atoms with Crippen molar-refractivity contribution < 1.29 is 23.8 Å². The molecule has 0 aromatic carbocycles. The van der Waals surface area contributed by atoms with Gasteiger partial charge in [-0.05, 0) is 6.92 Å². The van der Waals surface area contributed by atoms with E-state index >= 15 is 0 Å². The molecule has 2 aliphatic heterocycles. The molecular weight excluding hydrogens is 252 g/mol. The molecule has 0 aromatic heterocycles. The number of carbonyl (C=O) groups is 2. The minimum Gasteiger partial charge on any atom is -0.450 e. The first-order valence-corrected chi connectivity index (χ1v) is 6.61. The zero-order valence-electron chi connectivity index (χ0n) is 11.1. The Balaban J connectivity index is 1.71. The summed E-state index contributed by atoms with van der Waals surface area (Å²) in [7, 11) is 0. The number of nitrogens with zero attached hydrogens (tertiary/aromatic N) is 1. The molecule has 7 heteroatoms. The number of amides is 2. The molecule has 0 saturated carbocycles. The number of alkyl carbamates (subject to hydrolysis) is 1. The van der Waals surface area contributed by atoms with Crippen LogP contribution in [-0.2, 0) is 19.0 Å². The summed E-state index contributed by atoms with van der Waals surface area (Å²) in [6.45, 7) is 4.39. The van der Waals surface area contributed by atoms with Crippen LogP contribution in [0.25, 0.3) is 0 Å². The van der Waals surface area contributed by atoms with Crippen LogP contribution in [0.5, 0.6) is 0 Å². The third kappa shape index (κ3) is 3.57. The SMILES string of the molecule is CCOC(=O)NCC(=O)N1CCC2(CC1)OCCO2. The van der Waals surface area contributed by atoms with Crippen LogP contribution in [0.4, 0.5) is 4.79 Å². The first kappa shape index (κ1) is 14.1. The Kier molecular flexibility index (Phi) is 4.60. The van der Waals surface area contributed by atoms with Gasteiger partial charge in [-0.25, -0.2) is 4.79 Å². The third-order valence-corrected chi connectivity index (χ3v) is 3.35. The Morgan fingerprint density at radius 1 is 1.26 bits per heavy atom. The summed E-state index contributed by atoms with van der Waals surface area (Å²) in [6.07, 6.45) is 0.794. The second-order valence-electron chi connectivity index (χ2n) is 4.56. The van der Waals surface area contributed by atoms with Crippen LogP contribution in [0, 0.1) is 0 Å². The molecule has 2 aliphatic rings. The van der Waals surface area contributed by atoms with Crippen molar-refractivity contribution in [1.82, 2.24) is 10.2 Å². The van der Waals surface area contributed by atoms with E-state index in [1.165, 1.54) is 0 Å². The van der Waals surface area contributed by atoms with E-state index in [4.69, 9.17) is 14.2 Å². The normalized spacial score (nSPS) is 21.4. The maximum atomic E-state index is 11.9. The minimum atomic E-state index is -0.563. The molecule has 7 nitrogen and oxygen atoms in total. The van der Waals surface area contributed by atoms with Gasteiger partial charge in [0.2, 0.25) is 5.91 Å². The molecule has 0 aromatic rings. The molecule has 19 heavy (non-hydrogen) atoms. The van der Waals surface area contributed by atoms with Crippen LogP contribution in [0.15, 0.2) is 0 Å². The van der Waals surface area contributed by atoms with Crippen molar-refractivity contribution in [3.63, 3.8) is 0 Å². The Labute approximate surface area is 112 Å². The predicted molar refractivity (Wildman–Crippen MR) is 65.5 cm³/mol. The van der Waals surface area contributed by atoms with Crippen LogP contribution >= 0.6 is 0 Å². The smallest absolute Gasteiger partial charge is 0.407 e. The Morgan fingerprint density at radius 2 is 1.89 bits per heavy atom. The fourth-order valence-corrected chi connectivity index (χ4v) is 2.32. The summed E-state index contributed by atoms with van der Waals surface area (Å²) >= 11 is 0. The summed E-state index contributed by atoms with van der Waals surface area (Å²) < 4.78 is 15.9. The summed E-state index contributed by atoms with van der Waals surface area (Å²) in [5.74, 6) is -0.591. The quantitative estimate of drug-likeness (QED) is 0.788. The number of ether oxygens (including phenoxy) is 3. The van der Waals surface area contributed by atoms with Gasteiger partial charge in [0.15, 0.2) is 5.79 Å². The lowest BCUT2D eigenvalue weighted by atomic mass is 10.0. The molecule has 2 rings (SSSR count). The highest BCUT2D eigenvalue weighted by molar-refractivity contribution is 5.82. The molecule has 1 N–H and O–H groups in total. The molecule has 108 valence electrons. The molecular formula is C12H20N2O5. The van der Waals surface area contributed by atoms with Crippen LogP contribution in [-0.4, -0.2) is 62.1 Å². The zero-order valence-corrected chi connectivity index (χ0v) is 11.1. The van der Waals surface area contributed by atoms with E-state index in [0.29, 0.717) is 45.8 Å². The number of rotatable bonds is 3. The van der Waals surface area contributed by atoms with Gasteiger partial charge in [0.05, 0.1) is 19.8 Å². The molecule has 0 radical (unpaired) electrons. The summed E-state index contributed by atoms with van der Waals surface area (Å²) in [5, 5.41) is 2.43. The molecule has 2 amide bonds. The van der Waals surface area contributed by atoms with Crippen molar-refractivity contribution in [3.8, 4) is 0 Å². The molecule has 2 heterocycles. The molecule has 2 fully saturated rings. The van der Waals surface area contributed by atoms with Crippen molar-refractivity contribution >= 4 is 12.0 Å². The molecule has 0 bridgehead atoms. The average molecular weight is 272 g/mol. The maximum absolute atomic E-state index is 11.9. The van der Waals surface area contributed by atoms with Crippen molar-refractivity contribution in [2.24, 2.45) is 0 Å². The van der Waals surface area contributed by atoms with Crippen molar-refractivity contribution in [2.45, 2.75) is 25.6 Å². The van der Waals surface area contributed by atoms with Crippen molar-refractivity contribution in [2.75, 3.05) is 39.5 Å². The molecule has 1 spiro atoms. The van der Waals surface area contributed by atoms with Gasteiger partial charge in [0, 0.05) is 25.9 Å².